The quantitative estimate of drug-likeness (QED) is 0.740. The Bertz CT molecular complexity index is 977. The van der Waals surface area contributed by atoms with Crippen molar-refractivity contribution in [1.29, 1.82) is 0 Å². The van der Waals surface area contributed by atoms with E-state index in [2.05, 4.69) is 9.88 Å². The third-order valence-electron chi connectivity index (χ3n) is 5.90. The number of piperidine rings is 1. The van der Waals surface area contributed by atoms with Gasteiger partial charge < -0.3 is 10.0 Å². The number of amides is 1. The van der Waals surface area contributed by atoms with Gasteiger partial charge in [-0.3, -0.25) is 14.1 Å². The van der Waals surface area contributed by atoms with Gasteiger partial charge in [0.05, 0.1) is 17.8 Å². The molecule has 28 heavy (non-hydrogen) atoms. The number of thiazole rings is 1. The van der Waals surface area contributed by atoms with Crippen molar-refractivity contribution >= 4 is 22.2 Å². The summed E-state index contributed by atoms with van der Waals surface area (Å²) >= 11 is 1.48. The topological polar surface area (TPSA) is 61.1 Å². The van der Waals surface area contributed by atoms with Crippen LogP contribution in [0.1, 0.15) is 29.8 Å². The van der Waals surface area contributed by atoms with Gasteiger partial charge in [-0.2, -0.15) is 0 Å². The Kier molecular flexibility index (Phi) is 4.66. The predicted octanol–water partition coefficient (Wildman–Crippen LogP) is 2.73. The molecule has 2 saturated heterocycles. The lowest BCUT2D eigenvalue weighted by atomic mass is 10.1. The molecule has 4 heterocycles. The molecule has 2 atom stereocenters. The van der Waals surface area contributed by atoms with Crippen molar-refractivity contribution in [2.75, 3.05) is 26.2 Å². The molecule has 1 N–H and O–H groups in total. The van der Waals surface area contributed by atoms with Crippen LogP contribution in [0.5, 0.6) is 0 Å². The average molecular weight is 397 g/mol. The SMILES string of the molecule is O=C(c1csc2nc(-c3ccccc3)cn12)N1C[C@H](O)[C@@H](N2CCCCC2)C1. The molecule has 1 amide bonds. The Labute approximate surface area is 168 Å². The van der Waals surface area contributed by atoms with Crippen molar-refractivity contribution in [2.45, 2.75) is 31.4 Å². The molecule has 5 rings (SSSR count). The van der Waals surface area contributed by atoms with Gasteiger partial charge >= 0.3 is 0 Å². The van der Waals surface area contributed by atoms with Crippen molar-refractivity contribution < 1.29 is 9.90 Å². The highest BCUT2D eigenvalue weighted by molar-refractivity contribution is 7.15. The van der Waals surface area contributed by atoms with E-state index in [1.54, 1.807) is 4.90 Å². The van der Waals surface area contributed by atoms with Gasteiger partial charge in [0.1, 0.15) is 5.69 Å². The summed E-state index contributed by atoms with van der Waals surface area (Å²) in [6, 6.07) is 10.1. The highest BCUT2D eigenvalue weighted by Gasteiger charge is 2.38. The third kappa shape index (κ3) is 3.13. The Morgan fingerprint density at radius 3 is 2.68 bits per heavy atom. The van der Waals surface area contributed by atoms with Crippen molar-refractivity contribution in [3.05, 3.63) is 47.6 Å². The van der Waals surface area contributed by atoms with Gasteiger partial charge in [-0.15, -0.1) is 11.3 Å². The first kappa shape index (κ1) is 17.8. The normalized spacial score (nSPS) is 23.5. The fraction of sp³-hybridized carbons (Fsp3) is 0.429. The molecule has 146 valence electrons. The van der Waals surface area contributed by atoms with E-state index in [4.69, 9.17) is 0 Å². The smallest absolute Gasteiger partial charge is 0.271 e. The van der Waals surface area contributed by atoms with E-state index >= 15 is 0 Å². The van der Waals surface area contributed by atoms with Gasteiger partial charge in [0.15, 0.2) is 4.96 Å². The molecule has 0 saturated carbocycles. The summed E-state index contributed by atoms with van der Waals surface area (Å²) < 4.78 is 1.88. The first-order chi connectivity index (χ1) is 13.7. The third-order valence-corrected chi connectivity index (χ3v) is 6.74. The number of hydrogen-bond donors (Lipinski definition) is 1. The number of imidazole rings is 1. The minimum Gasteiger partial charge on any atom is -0.390 e. The lowest BCUT2D eigenvalue weighted by Gasteiger charge is -2.33. The van der Waals surface area contributed by atoms with Gasteiger partial charge in [-0.25, -0.2) is 4.98 Å². The lowest BCUT2D eigenvalue weighted by Crippen LogP contribution is -2.46. The molecule has 2 aliphatic rings. The molecule has 2 fully saturated rings. The monoisotopic (exact) mass is 396 g/mol. The molecule has 3 aromatic rings. The molecule has 2 aliphatic heterocycles. The van der Waals surface area contributed by atoms with Crippen molar-refractivity contribution in [1.82, 2.24) is 19.2 Å². The first-order valence-corrected chi connectivity index (χ1v) is 10.8. The molecule has 1 aromatic carbocycles. The highest BCUT2D eigenvalue weighted by Crippen LogP contribution is 2.26. The van der Waals surface area contributed by atoms with E-state index in [1.165, 1.54) is 30.6 Å². The maximum atomic E-state index is 13.2. The lowest BCUT2D eigenvalue weighted by molar-refractivity contribution is 0.0702. The zero-order valence-corrected chi connectivity index (χ0v) is 16.5. The molecular weight excluding hydrogens is 372 g/mol. The van der Waals surface area contributed by atoms with Gasteiger partial charge in [-0.05, 0) is 25.9 Å². The van der Waals surface area contributed by atoms with E-state index in [0.717, 1.165) is 29.3 Å². The number of aliphatic hydroxyl groups is 1. The van der Waals surface area contributed by atoms with Crippen molar-refractivity contribution in [3.8, 4) is 11.3 Å². The maximum absolute atomic E-state index is 13.2. The van der Waals surface area contributed by atoms with Crippen LogP contribution in [0, 0.1) is 0 Å². The Morgan fingerprint density at radius 2 is 1.89 bits per heavy atom. The number of benzene rings is 1. The average Bonchev–Trinajstić information content (AvgIpc) is 3.43. The van der Waals surface area contributed by atoms with Crippen LogP contribution in [0.4, 0.5) is 0 Å². The fourth-order valence-electron chi connectivity index (χ4n) is 4.39. The summed E-state index contributed by atoms with van der Waals surface area (Å²) in [6.45, 7) is 3.04. The van der Waals surface area contributed by atoms with Crippen LogP contribution in [0.25, 0.3) is 16.2 Å². The summed E-state index contributed by atoms with van der Waals surface area (Å²) in [5.41, 5.74) is 2.54. The molecule has 0 bridgehead atoms. The summed E-state index contributed by atoms with van der Waals surface area (Å²) in [4.78, 5) is 22.8. The molecule has 2 aromatic heterocycles. The fourth-order valence-corrected chi connectivity index (χ4v) is 5.24. The minimum atomic E-state index is -0.473. The number of nitrogens with zero attached hydrogens (tertiary/aromatic N) is 4. The van der Waals surface area contributed by atoms with Crippen LogP contribution in [0.2, 0.25) is 0 Å². The number of hydrogen-bond acceptors (Lipinski definition) is 5. The van der Waals surface area contributed by atoms with Crippen LogP contribution >= 0.6 is 11.3 Å². The summed E-state index contributed by atoms with van der Waals surface area (Å²) in [5, 5.41) is 12.4. The van der Waals surface area contributed by atoms with Crippen molar-refractivity contribution in [2.24, 2.45) is 0 Å². The molecule has 0 spiro atoms. The largest absolute Gasteiger partial charge is 0.390 e. The summed E-state index contributed by atoms with van der Waals surface area (Å²) in [5.74, 6) is -0.0261. The van der Waals surface area contributed by atoms with Gasteiger partial charge in [0.25, 0.3) is 5.91 Å². The second-order valence-electron chi connectivity index (χ2n) is 7.71. The number of carbonyl (C=O) groups excluding carboxylic acids is 1. The minimum absolute atomic E-state index is 0.0261. The molecule has 6 nitrogen and oxygen atoms in total. The highest BCUT2D eigenvalue weighted by atomic mass is 32.1. The number of fused-ring (bicyclic) bond motifs is 1. The van der Waals surface area contributed by atoms with Crippen LogP contribution in [0.3, 0.4) is 0 Å². The number of carbonyl (C=O) groups is 1. The number of likely N-dealkylation sites (tertiary alicyclic amines) is 2. The molecule has 0 radical (unpaired) electrons. The van der Waals surface area contributed by atoms with E-state index in [9.17, 15) is 9.90 Å². The van der Waals surface area contributed by atoms with Gasteiger partial charge in [-0.1, -0.05) is 36.8 Å². The standard InChI is InChI=1S/C21H24N4O2S/c26-19-13-24(12-17(19)23-9-5-2-6-10-23)20(27)18-14-28-21-22-16(11-25(18)21)15-7-3-1-4-8-15/h1,3-4,7-8,11,14,17,19,26H,2,5-6,9-10,12-13H2/t17-,19-/m0/s1. The van der Waals surface area contributed by atoms with Crippen LogP contribution in [-0.2, 0) is 0 Å². The summed E-state index contributed by atoms with van der Waals surface area (Å²) in [7, 11) is 0. The van der Waals surface area contributed by atoms with Crippen LogP contribution in [-0.4, -0.2) is 68.5 Å². The van der Waals surface area contributed by atoms with E-state index in [0.29, 0.717) is 18.8 Å². The zero-order valence-electron chi connectivity index (χ0n) is 15.7. The molecule has 7 heteroatoms. The first-order valence-electron chi connectivity index (χ1n) is 9.94. The number of aliphatic hydroxyl groups excluding tert-OH is 1. The zero-order chi connectivity index (χ0) is 19.1. The van der Waals surface area contributed by atoms with Crippen molar-refractivity contribution in [3.63, 3.8) is 0 Å². The predicted molar refractivity (Wildman–Crippen MR) is 110 cm³/mol. The van der Waals surface area contributed by atoms with Crippen LogP contribution in [0.15, 0.2) is 41.9 Å². The van der Waals surface area contributed by atoms with E-state index in [1.807, 2.05) is 46.3 Å². The Hall–Kier alpha value is -2.22. The Morgan fingerprint density at radius 1 is 1.11 bits per heavy atom. The van der Waals surface area contributed by atoms with Gasteiger partial charge in [0, 0.05) is 30.2 Å². The Balaban J connectivity index is 1.38. The molecule has 0 aliphatic carbocycles. The van der Waals surface area contributed by atoms with Gasteiger partial charge in [0.2, 0.25) is 0 Å². The van der Waals surface area contributed by atoms with E-state index < -0.39 is 6.10 Å². The second-order valence-corrected chi connectivity index (χ2v) is 8.54. The molecular formula is C21H24N4O2S. The van der Waals surface area contributed by atoms with Crippen LogP contribution < -0.4 is 0 Å². The van der Waals surface area contributed by atoms with E-state index in [-0.39, 0.29) is 11.9 Å². The summed E-state index contributed by atoms with van der Waals surface area (Å²) in [6.07, 6.45) is 5.08. The second kappa shape index (κ2) is 7.31. The number of rotatable bonds is 3. The number of β-amino-alcohol motifs (C(OH)–C–C–N with tert-alkyl or cyclic N) is 1. The number of aromatic nitrogens is 2. The molecule has 0 unspecified atom stereocenters. The maximum Gasteiger partial charge on any atom is 0.271 e.